The molecule has 0 rings (SSSR count). The number of hydrogen-bond acceptors (Lipinski definition) is 2. The van der Waals surface area contributed by atoms with E-state index in [0.29, 0.717) is 13.1 Å². The number of urea groups is 1. The van der Waals surface area contributed by atoms with Crippen LogP contribution in [-0.4, -0.2) is 52.6 Å². The second-order valence-electron chi connectivity index (χ2n) is 4.68. The monoisotopic (exact) mass is 242 g/mol. The molecule has 98 valence electrons. The van der Waals surface area contributed by atoms with Crippen LogP contribution in [0.3, 0.4) is 0 Å². The highest BCUT2D eigenvalue weighted by molar-refractivity contribution is 5.85. The highest BCUT2D eigenvalue weighted by Gasteiger charge is 2.36. The highest BCUT2D eigenvalue weighted by Crippen LogP contribution is 2.15. The zero-order valence-electron chi connectivity index (χ0n) is 11.3. The van der Waals surface area contributed by atoms with Crippen molar-refractivity contribution < 1.29 is 14.7 Å². The lowest BCUT2D eigenvalue weighted by atomic mass is 10.0. The molecule has 17 heavy (non-hydrogen) atoms. The zero-order chi connectivity index (χ0) is 13.8. The maximum absolute atomic E-state index is 12.1. The Morgan fingerprint density at radius 1 is 1.35 bits per heavy atom. The second kappa shape index (κ2) is 5.70. The van der Waals surface area contributed by atoms with Gasteiger partial charge < -0.3 is 14.9 Å². The van der Waals surface area contributed by atoms with Crippen molar-refractivity contribution in [2.75, 3.05) is 20.1 Å². The van der Waals surface area contributed by atoms with E-state index in [1.807, 2.05) is 13.8 Å². The molecular formula is C12H22N2O3. The molecule has 0 fully saturated rings. The van der Waals surface area contributed by atoms with Crippen molar-refractivity contribution >= 4 is 12.0 Å². The van der Waals surface area contributed by atoms with Gasteiger partial charge in [-0.1, -0.05) is 12.2 Å². The number of rotatable bonds is 5. The number of amides is 2. The van der Waals surface area contributed by atoms with Gasteiger partial charge in [0, 0.05) is 20.1 Å². The summed E-state index contributed by atoms with van der Waals surface area (Å²) in [6.07, 6.45) is 0. The Hall–Kier alpha value is -1.52. The van der Waals surface area contributed by atoms with Crippen LogP contribution in [0.15, 0.2) is 12.2 Å². The van der Waals surface area contributed by atoms with E-state index in [2.05, 4.69) is 6.58 Å². The molecule has 0 aromatic carbocycles. The number of carboxylic acid groups (broad SMARTS) is 1. The fourth-order valence-electron chi connectivity index (χ4n) is 1.24. The minimum atomic E-state index is -1.22. The molecule has 5 nitrogen and oxygen atoms in total. The van der Waals surface area contributed by atoms with Gasteiger partial charge in [0.25, 0.3) is 0 Å². The predicted octanol–water partition coefficient (Wildman–Crippen LogP) is 1.80. The van der Waals surface area contributed by atoms with E-state index >= 15 is 0 Å². The molecule has 0 spiro atoms. The minimum absolute atomic E-state index is 0.303. The molecule has 0 bridgehead atoms. The molecule has 0 saturated carbocycles. The average Bonchev–Trinajstić information content (AvgIpc) is 2.23. The van der Waals surface area contributed by atoms with Crippen molar-refractivity contribution in [1.82, 2.24) is 9.80 Å². The molecule has 0 aliphatic rings. The van der Waals surface area contributed by atoms with Crippen molar-refractivity contribution in [3.8, 4) is 0 Å². The maximum atomic E-state index is 12.1. The van der Waals surface area contributed by atoms with E-state index < -0.39 is 11.5 Å². The molecule has 0 saturated heterocycles. The first-order chi connectivity index (χ1) is 7.64. The third-order valence-corrected chi connectivity index (χ3v) is 2.76. The molecular weight excluding hydrogens is 220 g/mol. The Labute approximate surface area is 103 Å². The van der Waals surface area contributed by atoms with Crippen LogP contribution in [0, 0.1) is 0 Å². The highest BCUT2D eigenvalue weighted by atomic mass is 16.4. The van der Waals surface area contributed by atoms with Crippen LogP contribution in [0.4, 0.5) is 4.79 Å². The second-order valence-corrected chi connectivity index (χ2v) is 4.68. The lowest BCUT2D eigenvalue weighted by Crippen LogP contribution is -2.55. The van der Waals surface area contributed by atoms with Gasteiger partial charge in [-0.15, -0.1) is 0 Å². The van der Waals surface area contributed by atoms with E-state index in [1.54, 1.807) is 4.90 Å². The van der Waals surface area contributed by atoms with Crippen molar-refractivity contribution in [2.45, 2.75) is 33.2 Å². The first-order valence-electron chi connectivity index (χ1n) is 5.55. The molecule has 0 heterocycles. The SMILES string of the molecule is C=C(C)CN(CC)C(=O)N(C)C(C)(C)C(=O)O. The van der Waals surface area contributed by atoms with Gasteiger partial charge in [-0.05, 0) is 27.7 Å². The summed E-state index contributed by atoms with van der Waals surface area (Å²) in [7, 11) is 1.50. The fourth-order valence-corrected chi connectivity index (χ4v) is 1.24. The van der Waals surface area contributed by atoms with Gasteiger partial charge in [0.05, 0.1) is 0 Å². The Morgan fingerprint density at radius 2 is 1.82 bits per heavy atom. The quantitative estimate of drug-likeness (QED) is 0.748. The number of nitrogens with zero attached hydrogens (tertiary/aromatic N) is 2. The van der Waals surface area contributed by atoms with Gasteiger partial charge in [0.2, 0.25) is 0 Å². The van der Waals surface area contributed by atoms with Crippen LogP contribution < -0.4 is 0 Å². The smallest absolute Gasteiger partial charge is 0.329 e. The lowest BCUT2D eigenvalue weighted by Gasteiger charge is -2.35. The van der Waals surface area contributed by atoms with Crippen molar-refractivity contribution in [2.24, 2.45) is 0 Å². The number of aliphatic carboxylic acids is 1. The van der Waals surface area contributed by atoms with Crippen molar-refractivity contribution in [1.29, 1.82) is 0 Å². The summed E-state index contributed by atoms with van der Waals surface area (Å²) in [5.41, 5.74) is -0.360. The summed E-state index contributed by atoms with van der Waals surface area (Å²) >= 11 is 0. The molecule has 5 heteroatoms. The van der Waals surface area contributed by atoms with Gasteiger partial charge in [0.15, 0.2) is 0 Å². The van der Waals surface area contributed by atoms with Gasteiger partial charge in [-0.3, -0.25) is 0 Å². The molecule has 0 aromatic heterocycles. The normalized spacial score (nSPS) is 10.9. The first-order valence-corrected chi connectivity index (χ1v) is 5.55. The number of carboxylic acids is 1. The van der Waals surface area contributed by atoms with E-state index in [1.165, 1.54) is 25.8 Å². The van der Waals surface area contributed by atoms with Crippen LogP contribution in [0.1, 0.15) is 27.7 Å². The van der Waals surface area contributed by atoms with E-state index in [-0.39, 0.29) is 6.03 Å². The van der Waals surface area contributed by atoms with Crippen LogP contribution in [0.25, 0.3) is 0 Å². The van der Waals surface area contributed by atoms with Crippen molar-refractivity contribution in [3.63, 3.8) is 0 Å². The molecule has 0 unspecified atom stereocenters. The van der Waals surface area contributed by atoms with E-state index in [4.69, 9.17) is 5.11 Å². The fraction of sp³-hybridized carbons (Fsp3) is 0.667. The summed E-state index contributed by atoms with van der Waals surface area (Å²) in [5, 5.41) is 9.07. The van der Waals surface area contributed by atoms with E-state index in [0.717, 1.165) is 5.57 Å². The summed E-state index contributed by atoms with van der Waals surface area (Å²) in [5.74, 6) is -1.03. The largest absolute Gasteiger partial charge is 0.480 e. The van der Waals surface area contributed by atoms with Crippen LogP contribution in [0.2, 0.25) is 0 Å². The molecule has 0 atom stereocenters. The topological polar surface area (TPSA) is 60.9 Å². The van der Waals surface area contributed by atoms with Crippen LogP contribution in [-0.2, 0) is 4.79 Å². The Kier molecular flexibility index (Phi) is 5.19. The maximum Gasteiger partial charge on any atom is 0.329 e. The summed E-state index contributed by atoms with van der Waals surface area (Å²) in [6, 6.07) is -0.303. The molecule has 0 aliphatic carbocycles. The minimum Gasteiger partial charge on any atom is -0.480 e. The Balaban J connectivity index is 4.90. The molecule has 1 N–H and O–H groups in total. The number of carbonyl (C=O) groups is 2. The molecule has 0 aliphatic heterocycles. The third-order valence-electron chi connectivity index (χ3n) is 2.76. The molecule has 0 radical (unpaired) electrons. The van der Waals surface area contributed by atoms with Gasteiger partial charge in [0.1, 0.15) is 5.54 Å². The zero-order valence-corrected chi connectivity index (χ0v) is 11.3. The lowest BCUT2D eigenvalue weighted by molar-refractivity contribution is -0.147. The first kappa shape index (κ1) is 15.5. The summed E-state index contributed by atoms with van der Waals surface area (Å²) in [4.78, 5) is 26.0. The average molecular weight is 242 g/mol. The standard InChI is InChI=1S/C12H22N2O3/c1-7-14(8-9(2)3)11(17)13(6)12(4,5)10(15)16/h2,7-8H2,1,3-6H3,(H,15,16). The van der Waals surface area contributed by atoms with Gasteiger partial charge in [-0.25, -0.2) is 9.59 Å². The Morgan fingerprint density at radius 3 is 2.12 bits per heavy atom. The molecule has 0 aromatic rings. The van der Waals surface area contributed by atoms with Crippen LogP contribution in [0.5, 0.6) is 0 Å². The summed E-state index contributed by atoms with van der Waals surface area (Å²) in [6.45, 7) is 11.4. The predicted molar refractivity (Wildman–Crippen MR) is 66.9 cm³/mol. The number of carbonyl (C=O) groups excluding carboxylic acids is 1. The third kappa shape index (κ3) is 3.76. The molecule has 2 amide bonds. The van der Waals surface area contributed by atoms with E-state index in [9.17, 15) is 9.59 Å². The van der Waals surface area contributed by atoms with Crippen LogP contribution >= 0.6 is 0 Å². The van der Waals surface area contributed by atoms with Crippen molar-refractivity contribution in [3.05, 3.63) is 12.2 Å². The summed E-state index contributed by atoms with van der Waals surface area (Å²) < 4.78 is 0. The number of likely N-dealkylation sites (N-methyl/N-ethyl adjacent to an activating group) is 2. The Bertz CT molecular complexity index is 324. The van der Waals surface area contributed by atoms with Gasteiger partial charge >= 0.3 is 12.0 Å². The van der Waals surface area contributed by atoms with Gasteiger partial charge in [-0.2, -0.15) is 0 Å². The number of hydrogen-bond donors (Lipinski definition) is 1.